The van der Waals surface area contributed by atoms with Crippen LogP contribution in [0.1, 0.15) is 23.3 Å². The van der Waals surface area contributed by atoms with Crippen LogP contribution in [-0.2, 0) is 0 Å². The van der Waals surface area contributed by atoms with E-state index in [9.17, 15) is 10.2 Å². The summed E-state index contributed by atoms with van der Waals surface area (Å²) in [7, 11) is 0. The Labute approximate surface area is 83.8 Å². The third-order valence-corrected chi connectivity index (χ3v) is 2.04. The highest BCUT2D eigenvalue weighted by atomic mass is 16.3. The molecule has 0 heterocycles. The maximum absolute atomic E-state index is 9.48. The van der Waals surface area contributed by atoms with Crippen molar-refractivity contribution in [3.8, 4) is 0 Å². The summed E-state index contributed by atoms with van der Waals surface area (Å²) in [5, 5.41) is 19.0. The van der Waals surface area contributed by atoms with Crippen LogP contribution in [0.15, 0.2) is 49.6 Å². The van der Waals surface area contributed by atoms with E-state index in [4.69, 9.17) is 0 Å². The molecular formula is C12H14O2. The van der Waals surface area contributed by atoms with E-state index in [1.807, 2.05) is 0 Å². The molecule has 0 saturated heterocycles. The van der Waals surface area contributed by atoms with Gasteiger partial charge in [0.25, 0.3) is 0 Å². The van der Waals surface area contributed by atoms with Crippen LogP contribution in [0.4, 0.5) is 0 Å². The first-order valence-electron chi connectivity index (χ1n) is 4.40. The van der Waals surface area contributed by atoms with Gasteiger partial charge in [0.05, 0.1) is 12.2 Å². The second-order valence-corrected chi connectivity index (χ2v) is 3.03. The summed E-state index contributed by atoms with van der Waals surface area (Å²) in [6.45, 7) is 7.00. The second kappa shape index (κ2) is 4.74. The molecule has 0 fully saturated rings. The van der Waals surface area contributed by atoms with Gasteiger partial charge in [0.15, 0.2) is 0 Å². The van der Waals surface area contributed by atoms with Crippen LogP contribution in [0.3, 0.4) is 0 Å². The fourth-order valence-electron chi connectivity index (χ4n) is 1.20. The van der Waals surface area contributed by atoms with E-state index in [1.165, 1.54) is 12.2 Å². The first kappa shape index (κ1) is 10.7. The van der Waals surface area contributed by atoms with Crippen LogP contribution >= 0.6 is 0 Å². The van der Waals surface area contributed by atoms with E-state index in [-0.39, 0.29) is 0 Å². The monoisotopic (exact) mass is 190 g/mol. The number of hydrogen-bond donors (Lipinski definition) is 2. The summed E-state index contributed by atoms with van der Waals surface area (Å²) < 4.78 is 0. The zero-order chi connectivity index (χ0) is 10.6. The summed E-state index contributed by atoms with van der Waals surface area (Å²) in [4.78, 5) is 0. The number of aliphatic hydroxyl groups excluding tert-OH is 2. The lowest BCUT2D eigenvalue weighted by Gasteiger charge is -2.10. The summed E-state index contributed by atoms with van der Waals surface area (Å²) in [6.07, 6.45) is 1.51. The Morgan fingerprint density at radius 2 is 1.43 bits per heavy atom. The fraction of sp³-hybridized carbons (Fsp3) is 0.167. The molecular weight excluding hydrogens is 176 g/mol. The summed E-state index contributed by atoms with van der Waals surface area (Å²) in [5.74, 6) is 0. The topological polar surface area (TPSA) is 40.5 Å². The Hall–Kier alpha value is -1.38. The molecule has 74 valence electrons. The van der Waals surface area contributed by atoms with E-state index in [1.54, 1.807) is 24.3 Å². The SMILES string of the molecule is C=CC(O)c1cccc(C(O)C=C)c1. The van der Waals surface area contributed by atoms with Crippen molar-refractivity contribution in [2.75, 3.05) is 0 Å². The molecule has 2 N–H and O–H groups in total. The van der Waals surface area contributed by atoms with Gasteiger partial charge in [0.1, 0.15) is 0 Å². The van der Waals surface area contributed by atoms with Crippen molar-refractivity contribution in [1.29, 1.82) is 0 Å². The molecule has 1 aromatic carbocycles. The number of aliphatic hydroxyl groups is 2. The van der Waals surface area contributed by atoms with Crippen LogP contribution in [0.25, 0.3) is 0 Å². The lowest BCUT2D eigenvalue weighted by molar-refractivity contribution is 0.222. The summed E-state index contributed by atoms with van der Waals surface area (Å²) in [6, 6.07) is 7.08. The molecule has 0 aliphatic rings. The number of benzene rings is 1. The van der Waals surface area contributed by atoms with Crippen molar-refractivity contribution in [2.24, 2.45) is 0 Å². The molecule has 1 rings (SSSR count). The molecule has 0 bridgehead atoms. The smallest absolute Gasteiger partial charge is 0.0969 e. The molecule has 2 atom stereocenters. The predicted molar refractivity (Wildman–Crippen MR) is 56.8 cm³/mol. The normalized spacial score (nSPS) is 14.4. The average molecular weight is 190 g/mol. The molecule has 1 aromatic rings. The Morgan fingerprint density at radius 1 is 1.00 bits per heavy atom. The predicted octanol–water partition coefficient (Wildman–Crippen LogP) is 2.13. The van der Waals surface area contributed by atoms with Gasteiger partial charge in [0, 0.05) is 0 Å². The molecule has 0 spiro atoms. The van der Waals surface area contributed by atoms with E-state index >= 15 is 0 Å². The molecule has 0 aliphatic heterocycles. The Kier molecular flexibility index (Phi) is 3.63. The molecule has 2 unspecified atom stereocenters. The van der Waals surface area contributed by atoms with Gasteiger partial charge in [-0.2, -0.15) is 0 Å². The molecule has 2 nitrogen and oxygen atoms in total. The van der Waals surface area contributed by atoms with Gasteiger partial charge in [-0.1, -0.05) is 30.4 Å². The first-order chi connectivity index (χ1) is 6.69. The number of rotatable bonds is 4. The van der Waals surface area contributed by atoms with Crippen molar-refractivity contribution in [3.63, 3.8) is 0 Å². The van der Waals surface area contributed by atoms with Crippen molar-refractivity contribution in [2.45, 2.75) is 12.2 Å². The van der Waals surface area contributed by atoms with Crippen LogP contribution in [0.5, 0.6) is 0 Å². The Balaban J connectivity index is 3.00. The third kappa shape index (κ3) is 2.31. The van der Waals surface area contributed by atoms with Gasteiger partial charge >= 0.3 is 0 Å². The zero-order valence-electron chi connectivity index (χ0n) is 7.93. The molecule has 0 saturated carbocycles. The van der Waals surface area contributed by atoms with Crippen LogP contribution in [0.2, 0.25) is 0 Å². The van der Waals surface area contributed by atoms with E-state index in [0.717, 1.165) is 11.1 Å². The maximum atomic E-state index is 9.48. The lowest BCUT2D eigenvalue weighted by Crippen LogP contribution is -1.97. The third-order valence-electron chi connectivity index (χ3n) is 2.04. The molecule has 0 aromatic heterocycles. The van der Waals surface area contributed by atoms with Gasteiger partial charge in [-0.25, -0.2) is 0 Å². The van der Waals surface area contributed by atoms with Crippen molar-refractivity contribution < 1.29 is 10.2 Å². The van der Waals surface area contributed by atoms with Crippen LogP contribution in [-0.4, -0.2) is 10.2 Å². The highest BCUT2D eigenvalue weighted by Gasteiger charge is 2.06. The minimum Gasteiger partial charge on any atom is -0.384 e. The molecule has 14 heavy (non-hydrogen) atoms. The van der Waals surface area contributed by atoms with Gasteiger partial charge in [0.2, 0.25) is 0 Å². The van der Waals surface area contributed by atoms with Crippen LogP contribution in [0, 0.1) is 0 Å². The minimum atomic E-state index is -0.688. The van der Waals surface area contributed by atoms with Crippen molar-refractivity contribution >= 4 is 0 Å². The highest BCUT2D eigenvalue weighted by Crippen LogP contribution is 2.19. The lowest BCUT2D eigenvalue weighted by atomic mass is 10.0. The van der Waals surface area contributed by atoms with Gasteiger partial charge in [-0.05, 0) is 17.2 Å². The largest absolute Gasteiger partial charge is 0.384 e. The standard InChI is InChI=1S/C12H14O2/c1-3-11(13)9-6-5-7-10(8-9)12(14)4-2/h3-8,11-14H,1-2H2. The molecule has 0 radical (unpaired) electrons. The first-order valence-corrected chi connectivity index (χ1v) is 4.40. The van der Waals surface area contributed by atoms with Crippen LogP contribution < -0.4 is 0 Å². The van der Waals surface area contributed by atoms with Gasteiger partial charge < -0.3 is 10.2 Å². The second-order valence-electron chi connectivity index (χ2n) is 3.03. The molecule has 0 amide bonds. The molecule has 2 heteroatoms. The summed E-state index contributed by atoms with van der Waals surface area (Å²) in [5.41, 5.74) is 1.44. The Morgan fingerprint density at radius 3 is 1.79 bits per heavy atom. The van der Waals surface area contributed by atoms with Gasteiger partial charge in [-0.15, -0.1) is 13.2 Å². The van der Waals surface area contributed by atoms with Crippen molar-refractivity contribution in [3.05, 3.63) is 60.7 Å². The quantitative estimate of drug-likeness (QED) is 0.714. The highest BCUT2D eigenvalue weighted by molar-refractivity contribution is 5.29. The average Bonchev–Trinajstić information content (AvgIpc) is 2.27. The Bertz CT molecular complexity index is 302. The summed E-state index contributed by atoms with van der Waals surface area (Å²) >= 11 is 0. The fourth-order valence-corrected chi connectivity index (χ4v) is 1.20. The minimum absolute atomic E-state index is 0.688. The molecule has 0 aliphatic carbocycles. The number of hydrogen-bond acceptors (Lipinski definition) is 2. The van der Waals surface area contributed by atoms with Crippen molar-refractivity contribution in [1.82, 2.24) is 0 Å². The zero-order valence-corrected chi connectivity index (χ0v) is 7.93. The maximum Gasteiger partial charge on any atom is 0.0969 e. The van der Waals surface area contributed by atoms with E-state index < -0.39 is 12.2 Å². The van der Waals surface area contributed by atoms with E-state index in [2.05, 4.69) is 13.2 Å². The van der Waals surface area contributed by atoms with Gasteiger partial charge in [-0.3, -0.25) is 0 Å². The van der Waals surface area contributed by atoms with E-state index in [0.29, 0.717) is 0 Å².